The quantitative estimate of drug-likeness (QED) is 0.688. The maximum absolute atomic E-state index is 11.8. The molecule has 0 spiro atoms. The summed E-state index contributed by atoms with van der Waals surface area (Å²) in [5.74, 6) is 1.62. The van der Waals surface area contributed by atoms with Crippen molar-refractivity contribution in [3.8, 4) is 0 Å². The van der Waals surface area contributed by atoms with Crippen LogP contribution in [0.5, 0.6) is 0 Å². The molecule has 1 rings (SSSR count). The lowest BCUT2D eigenvalue weighted by atomic mass is 9.81. The maximum Gasteiger partial charge on any atom is 0.223 e. The third-order valence-corrected chi connectivity index (χ3v) is 4.32. The molecule has 0 aliphatic heterocycles. The van der Waals surface area contributed by atoms with Gasteiger partial charge in [0.25, 0.3) is 0 Å². The molecule has 0 aromatic heterocycles. The van der Waals surface area contributed by atoms with Crippen molar-refractivity contribution in [1.29, 1.82) is 0 Å². The first kappa shape index (κ1) is 14.6. The first-order valence-corrected chi connectivity index (χ1v) is 8.14. The molecule has 0 saturated heterocycles. The summed E-state index contributed by atoms with van der Waals surface area (Å²) in [6.45, 7) is 1.39. The van der Waals surface area contributed by atoms with Crippen molar-refractivity contribution in [2.45, 2.75) is 32.1 Å². The van der Waals surface area contributed by atoms with Gasteiger partial charge in [-0.3, -0.25) is 9.00 Å². The van der Waals surface area contributed by atoms with Gasteiger partial charge in [0, 0.05) is 35.3 Å². The van der Waals surface area contributed by atoms with Gasteiger partial charge in [-0.15, -0.1) is 0 Å². The SMILES string of the molecule is CS(=O)CCCNC(=O)C1CCC(CN)CC1. The Morgan fingerprint density at radius 1 is 1.35 bits per heavy atom. The highest BCUT2D eigenvalue weighted by Gasteiger charge is 2.25. The van der Waals surface area contributed by atoms with Crippen molar-refractivity contribution in [3.63, 3.8) is 0 Å². The van der Waals surface area contributed by atoms with Gasteiger partial charge in [-0.25, -0.2) is 0 Å². The highest BCUT2D eigenvalue weighted by atomic mass is 32.2. The fraction of sp³-hybridized carbons (Fsp3) is 0.917. The molecule has 17 heavy (non-hydrogen) atoms. The van der Waals surface area contributed by atoms with Crippen LogP contribution in [0.15, 0.2) is 0 Å². The number of rotatable bonds is 6. The van der Waals surface area contributed by atoms with Crippen molar-refractivity contribution in [3.05, 3.63) is 0 Å². The van der Waals surface area contributed by atoms with Crippen LogP contribution < -0.4 is 11.1 Å². The second-order valence-corrected chi connectivity index (χ2v) is 6.43. The van der Waals surface area contributed by atoms with Gasteiger partial charge in [-0.2, -0.15) is 0 Å². The topological polar surface area (TPSA) is 72.2 Å². The van der Waals surface area contributed by atoms with E-state index in [1.54, 1.807) is 6.26 Å². The number of carbonyl (C=O) groups excluding carboxylic acids is 1. The Morgan fingerprint density at radius 3 is 2.53 bits per heavy atom. The van der Waals surface area contributed by atoms with Crippen LogP contribution in [0.4, 0.5) is 0 Å². The van der Waals surface area contributed by atoms with Crippen molar-refractivity contribution in [1.82, 2.24) is 5.32 Å². The highest BCUT2D eigenvalue weighted by molar-refractivity contribution is 7.84. The Labute approximate surface area is 106 Å². The second kappa shape index (κ2) is 7.82. The molecule has 1 unspecified atom stereocenters. The second-order valence-electron chi connectivity index (χ2n) is 4.88. The van der Waals surface area contributed by atoms with Crippen molar-refractivity contribution >= 4 is 16.7 Å². The van der Waals surface area contributed by atoms with Crippen molar-refractivity contribution in [2.24, 2.45) is 17.6 Å². The maximum atomic E-state index is 11.8. The molecule has 0 bridgehead atoms. The summed E-state index contributed by atoms with van der Waals surface area (Å²) in [6, 6.07) is 0. The van der Waals surface area contributed by atoms with Gasteiger partial charge in [0.1, 0.15) is 0 Å². The zero-order chi connectivity index (χ0) is 12.7. The van der Waals surface area contributed by atoms with Gasteiger partial charge in [0.15, 0.2) is 0 Å². The minimum atomic E-state index is -0.756. The van der Waals surface area contributed by atoms with Crippen LogP contribution in [-0.2, 0) is 15.6 Å². The van der Waals surface area contributed by atoms with Crippen LogP contribution in [0.2, 0.25) is 0 Å². The van der Waals surface area contributed by atoms with Crippen LogP contribution in [0.25, 0.3) is 0 Å². The molecule has 3 N–H and O–H groups in total. The Hall–Kier alpha value is -0.420. The van der Waals surface area contributed by atoms with E-state index in [0.29, 0.717) is 18.2 Å². The summed E-state index contributed by atoms with van der Waals surface area (Å²) in [7, 11) is -0.756. The van der Waals surface area contributed by atoms with E-state index < -0.39 is 10.8 Å². The van der Waals surface area contributed by atoms with Gasteiger partial charge >= 0.3 is 0 Å². The molecule has 1 atom stereocenters. The standard InChI is InChI=1S/C12H24N2O2S/c1-17(16)8-2-7-14-12(15)11-5-3-10(9-13)4-6-11/h10-11H,2-9,13H2,1H3,(H,14,15). The highest BCUT2D eigenvalue weighted by Crippen LogP contribution is 2.27. The summed E-state index contributed by atoms with van der Waals surface area (Å²) in [4.78, 5) is 11.8. The lowest BCUT2D eigenvalue weighted by molar-refractivity contribution is -0.126. The number of nitrogens with one attached hydrogen (secondary N) is 1. The molecule has 1 fully saturated rings. The van der Waals surface area contributed by atoms with Gasteiger partial charge in [0.05, 0.1) is 0 Å². The monoisotopic (exact) mass is 260 g/mol. The lowest BCUT2D eigenvalue weighted by Gasteiger charge is -2.26. The summed E-state index contributed by atoms with van der Waals surface area (Å²) in [5.41, 5.74) is 5.62. The van der Waals surface area contributed by atoms with Crippen LogP contribution in [0.1, 0.15) is 32.1 Å². The van der Waals surface area contributed by atoms with Gasteiger partial charge in [-0.1, -0.05) is 0 Å². The molecule has 1 aliphatic rings. The lowest BCUT2D eigenvalue weighted by Crippen LogP contribution is -2.35. The Bertz CT molecular complexity index is 263. The Balaban J connectivity index is 2.14. The van der Waals surface area contributed by atoms with Crippen LogP contribution in [-0.4, -0.2) is 35.2 Å². The molecule has 1 saturated carbocycles. The van der Waals surface area contributed by atoms with Crippen LogP contribution in [0, 0.1) is 11.8 Å². The van der Waals surface area contributed by atoms with E-state index in [9.17, 15) is 9.00 Å². The summed E-state index contributed by atoms with van der Waals surface area (Å²) in [6.07, 6.45) is 6.57. The molecular weight excluding hydrogens is 236 g/mol. The minimum absolute atomic E-state index is 0.169. The number of nitrogens with two attached hydrogens (primary N) is 1. The third kappa shape index (κ3) is 5.64. The molecule has 0 heterocycles. The van der Waals surface area contributed by atoms with E-state index in [1.807, 2.05) is 0 Å². The molecule has 4 nitrogen and oxygen atoms in total. The molecular formula is C12H24N2O2S. The summed E-state index contributed by atoms with van der Waals surface area (Å²) in [5, 5.41) is 2.94. The van der Waals surface area contributed by atoms with Gasteiger partial charge in [-0.05, 0) is 44.6 Å². The van der Waals surface area contributed by atoms with Gasteiger partial charge < -0.3 is 11.1 Å². The zero-order valence-corrected chi connectivity index (χ0v) is 11.4. The molecule has 0 aromatic rings. The van der Waals surface area contributed by atoms with E-state index in [4.69, 9.17) is 5.73 Å². The fourth-order valence-corrected chi connectivity index (χ4v) is 2.84. The first-order chi connectivity index (χ1) is 8.13. The number of carbonyl (C=O) groups is 1. The van der Waals surface area contributed by atoms with E-state index >= 15 is 0 Å². The van der Waals surface area contributed by atoms with E-state index in [0.717, 1.165) is 38.6 Å². The Kier molecular flexibility index (Phi) is 6.73. The van der Waals surface area contributed by atoms with E-state index in [1.165, 1.54) is 0 Å². The summed E-state index contributed by atoms with van der Waals surface area (Å²) >= 11 is 0. The average Bonchev–Trinajstić information content (AvgIpc) is 2.34. The largest absolute Gasteiger partial charge is 0.356 e. The molecule has 5 heteroatoms. The number of hydrogen-bond acceptors (Lipinski definition) is 3. The van der Waals surface area contributed by atoms with E-state index in [2.05, 4.69) is 5.32 Å². The predicted octanol–water partition coefficient (Wildman–Crippen LogP) is 0.636. The minimum Gasteiger partial charge on any atom is -0.356 e. The van der Waals surface area contributed by atoms with Crippen LogP contribution >= 0.6 is 0 Å². The molecule has 1 aliphatic carbocycles. The molecule has 0 radical (unpaired) electrons. The molecule has 100 valence electrons. The fourth-order valence-electron chi connectivity index (χ4n) is 2.29. The van der Waals surface area contributed by atoms with Crippen LogP contribution in [0.3, 0.4) is 0 Å². The number of amides is 1. The zero-order valence-electron chi connectivity index (χ0n) is 10.6. The first-order valence-electron chi connectivity index (χ1n) is 6.41. The third-order valence-electron chi connectivity index (χ3n) is 3.46. The smallest absolute Gasteiger partial charge is 0.223 e. The van der Waals surface area contributed by atoms with Crippen molar-refractivity contribution < 1.29 is 9.00 Å². The number of hydrogen-bond donors (Lipinski definition) is 2. The van der Waals surface area contributed by atoms with Crippen molar-refractivity contribution in [2.75, 3.05) is 25.1 Å². The van der Waals surface area contributed by atoms with E-state index in [-0.39, 0.29) is 11.8 Å². The molecule has 0 aromatic carbocycles. The molecule has 1 amide bonds. The Morgan fingerprint density at radius 2 is 2.00 bits per heavy atom. The average molecular weight is 260 g/mol. The van der Waals surface area contributed by atoms with Gasteiger partial charge in [0.2, 0.25) is 5.91 Å². The normalized spacial score (nSPS) is 26.5. The summed E-state index contributed by atoms with van der Waals surface area (Å²) < 4.78 is 10.8. The predicted molar refractivity (Wildman–Crippen MR) is 71.1 cm³/mol.